The highest BCUT2D eigenvalue weighted by Crippen LogP contribution is 2.34. The standard InChI is InChI=1S/C22H28O5.C19H22O2/c1-22(2,17-6-10-20(11-7-17)26-14-21-15-27-21)16-4-8-19(9-5-16)25-13-18(23)12-24-3;1-14-4-6-15(7-5-14)19(2,3)16-8-10-17(11-9-16)20-12-18-13-21-18/h4-11,18,21,23H,12-15H2,1-3H3;4-11,18H,12-13H2,1-3H3. The average Bonchev–Trinajstić information content (AvgIpc) is 4.03. The maximum absolute atomic E-state index is 9.67. The van der Waals surface area contributed by atoms with Crippen molar-refractivity contribution in [1.29, 1.82) is 0 Å². The van der Waals surface area contributed by atoms with E-state index in [2.05, 4.69) is 95.3 Å². The Morgan fingerprint density at radius 2 is 0.917 bits per heavy atom. The zero-order valence-electron chi connectivity index (χ0n) is 29.1. The number of ether oxygens (including phenoxy) is 6. The first-order valence-corrected chi connectivity index (χ1v) is 16.7. The number of hydrogen-bond donors (Lipinski definition) is 1. The SMILES string of the molecule is COCC(O)COc1ccc(C(C)(C)c2ccc(OCC3CO3)cc2)cc1.Cc1ccc(C(C)(C)c2ccc(OCC3CO3)cc2)cc1. The van der Waals surface area contributed by atoms with Gasteiger partial charge in [-0.1, -0.05) is 93.9 Å². The second kappa shape index (κ2) is 16.0. The van der Waals surface area contributed by atoms with Gasteiger partial charge in [-0.25, -0.2) is 0 Å². The molecule has 2 fully saturated rings. The van der Waals surface area contributed by atoms with Crippen LogP contribution >= 0.6 is 0 Å². The van der Waals surface area contributed by atoms with E-state index >= 15 is 0 Å². The highest BCUT2D eigenvalue weighted by Gasteiger charge is 2.26. The molecular weight excluding hydrogens is 604 g/mol. The second-order valence-corrected chi connectivity index (χ2v) is 13.6. The third-order valence-electron chi connectivity index (χ3n) is 8.98. The summed E-state index contributed by atoms with van der Waals surface area (Å²) in [6.45, 7) is 14.4. The number of rotatable bonds is 15. The molecule has 3 unspecified atom stereocenters. The minimum atomic E-state index is -0.627. The number of aliphatic hydroxyl groups excluding tert-OH is 1. The average molecular weight is 655 g/mol. The molecule has 48 heavy (non-hydrogen) atoms. The maximum Gasteiger partial charge on any atom is 0.119 e. The van der Waals surface area contributed by atoms with E-state index in [0.717, 1.165) is 30.5 Å². The molecule has 4 aromatic carbocycles. The quantitative estimate of drug-likeness (QED) is 0.135. The van der Waals surface area contributed by atoms with E-state index in [1.807, 2.05) is 36.4 Å². The largest absolute Gasteiger partial charge is 0.491 e. The van der Waals surface area contributed by atoms with Crippen LogP contribution in [0.15, 0.2) is 97.1 Å². The van der Waals surface area contributed by atoms with Gasteiger partial charge in [-0.05, 0) is 65.6 Å². The zero-order valence-corrected chi connectivity index (χ0v) is 29.1. The minimum Gasteiger partial charge on any atom is -0.491 e. The van der Waals surface area contributed by atoms with Crippen LogP contribution in [0.5, 0.6) is 17.2 Å². The molecule has 0 bridgehead atoms. The molecule has 2 saturated heterocycles. The molecular formula is C41H50O7. The van der Waals surface area contributed by atoms with E-state index < -0.39 is 6.10 Å². The summed E-state index contributed by atoms with van der Waals surface area (Å²) in [5, 5.41) is 9.67. The van der Waals surface area contributed by atoms with E-state index in [1.165, 1.54) is 27.8 Å². The van der Waals surface area contributed by atoms with Crippen molar-refractivity contribution >= 4 is 0 Å². The van der Waals surface area contributed by atoms with Crippen LogP contribution in [0, 0.1) is 6.92 Å². The van der Waals surface area contributed by atoms with Crippen molar-refractivity contribution in [3.8, 4) is 17.2 Å². The Morgan fingerprint density at radius 3 is 1.25 bits per heavy atom. The van der Waals surface area contributed by atoms with Crippen LogP contribution in [-0.4, -0.2) is 70.2 Å². The Hall–Kier alpha value is -3.88. The summed E-state index contributed by atoms with van der Waals surface area (Å²) in [6, 6.07) is 33.4. The molecule has 7 heteroatoms. The summed E-state index contributed by atoms with van der Waals surface area (Å²) in [5.74, 6) is 2.51. The molecule has 0 aliphatic carbocycles. The van der Waals surface area contributed by atoms with Crippen molar-refractivity contribution in [2.45, 2.75) is 63.8 Å². The fourth-order valence-electron chi connectivity index (χ4n) is 5.35. The molecule has 0 radical (unpaired) electrons. The number of methoxy groups -OCH3 is 1. The first kappa shape index (κ1) is 35.4. The van der Waals surface area contributed by atoms with Crippen LogP contribution in [0.2, 0.25) is 0 Å². The fraction of sp³-hybridized carbons (Fsp3) is 0.415. The monoisotopic (exact) mass is 654 g/mol. The third kappa shape index (κ3) is 10.1. The van der Waals surface area contributed by atoms with Crippen LogP contribution in [0.25, 0.3) is 0 Å². The maximum atomic E-state index is 9.67. The summed E-state index contributed by atoms with van der Waals surface area (Å²) in [4.78, 5) is 0. The number of epoxide rings is 2. The van der Waals surface area contributed by atoms with Crippen molar-refractivity contribution in [1.82, 2.24) is 0 Å². The van der Waals surface area contributed by atoms with Crippen molar-refractivity contribution in [2.24, 2.45) is 0 Å². The summed E-state index contributed by atoms with van der Waals surface area (Å²) in [6.07, 6.45) is -0.0653. The van der Waals surface area contributed by atoms with E-state index in [9.17, 15) is 5.11 Å². The first-order valence-electron chi connectivity index (χ1n) is 16.7. The zero-order chi connectivity index (χ0) is 34.1. The van der Waals surface area contributed by atoms with Gasteiger partial charge in [0.2, 0.25) is 0 Å². The Kier molecular flexibility index (Phi) is 11.8. The van der Waals surface area contributed by atoms with Gasteiger partial charge in [0.15, 0.2) is 0 Å². The van der Waals surface area contributed by atoms with Crippen LogP contribution < -0.4 is 14.2 Å². The normalized spacial score (nSPS) is 17.5. The molecule has 3 atom stereocenters. The number of aryl methyl sites for hydroxylation is 1. The number of benzene rings is 4. The molecule has 2 aliphatic rings. The van der Waals surface area contributed by atoms with Crippen molar-refractivity contribution in [3.05, 3.63) is 125 Å². The molecule has 4 aromatic rings. The van der Waals surface area contributed by atoms with Crippen LogP contribution in [0.4, 0.5) is 0 Å². The molecule has 2 aliphatic heterocycles. The van der Waals surface area contributed by atoms with E-state index in [4.69, 9.17) is 28.4 Å². The molecule has 2 heterocycles. The van der Waals surface area contributed by atoms with Gasteiger partial charge in [0.05, 0.1) is 19.8 Å². The van der Waals surface area contributed by atoms with E-state index in [-0.39, 0.29) is 30.1 Å². The molecule has 0 amide bonds. The Bertz CT molecular complexity index is 1540. The van der Waals surface area contributed by atoms with Gasteiger partial charge in [0.1, 0.15) is 55.4 Å². The highest BCUT2D eigenvalue weighted by molar-refractivity contribution is 5.42. The lowest BCUT2D eigenvalue weighted by atomic mass is 9.78. The summed E-state index contributed by atoms with van der Waals surface area (Å²) in [5.41, 5.74) is 6.15. The number of hydrogen-bond acceptors (Lipinski definition) is 7. The van der Waals surface area contributed by atoms with Gasteiger partial charge in [-0.3, -0.25) is 0 Å². The van der Waals surface area contributed by atoms with Gasteiger partial charge in [0, 0.05) is 17.9 Å². The Labute approximate surface area is 285 Å². The third-order valence-corrected chi connectivity index (χ3v) is 8.98. The van der Waals surface area contributed by atoms with Crippen molar-refractivity contribution in [3.63, 3.8) is 0 Å². The Balaban J connectivity index is 0.000000194. The van der Waals surface area contributed by atoms with Gasteiger partial charge in [-0.15, -0.1) is 0 Å². The second-order valence-electron chi connectivity index (χ2n) is 13.6. The van der Waals surface area contributed by atoms with E-state index in [1.54, 1.807) is 7.11 Å². The van der Waals surface area contributed by atoms with Gasteiger partial charge < -0.3 is 33.5 Å². The molecule has 0 saturated carbocycles. The topological polar surface area (TPSA) is 82.2 Å². The molecule has 0 aromatic heterocycles. The molecule has 7 nitrogen and oxygen atoms in total. The minimum absolute atomic E-state index is 0.00810. The van der Waals surface area contributed by atoms with E-state index in [0.29, 0.717) is 19.3 Å². The lowest BCUT2D eigenvalue weighted by Crippen LogP contribution is -2.22. The van der Waals surface area contributed by atoms with Crippen LogP contribution in [0.1, 0.15) is 55.5 Å². The molecule has 6 rings (SSSR count). The van der Waals surface area contributed by atoms with Crippen LogP contribution in [-0.2, 0) is 25.0 Å². The smallest absolute Gasteiger partial charge is 0.119 e. The predicted octanol–water partition coefficient (Wildman–Crippen LogP) is 7.27. The fourth-order valence-corrected chi connectivity index (χ4v) is 5.35. The van der Waals surface area contributed by atoms with Gasteiger partial charge in [0.25, 0.3) is 0 Å². The lowest BCUT2D eigenvalue weighted by molar-refractivity contribution is 0.0325. The van der Waals surface area contributed by atoms with Crippen molar-refractivity contribution in [2.75, 3.05) is 46.8 Å². The first-order chi connectivity index (χ1) is 23.0. The predicted molar refractivity (Wildman–Crippen MR) is 189 cm³/mol. The number of aliphatic hydroxyl groups is 1. The summed E-state index contributed by atoms with van der Waals surface area (Å²) in [7, 11) is 1.56. The highest BCUT2D eigenvalue weighted by atomic mass is 16.6. The lowest BCUT2D eigenvalue weighted by Gasteiger charge is -2.26. The summed E-state index contributed by atoms with van der Waals surface area (Å²) < 4.78 is 32.2. The van der Waals surface area contributed by atoms with Gasteiger partial charge >= 0.3 is 0 Å². The summed E-state index contributed by atoms with van der Waals surface area (Å²) >= 11 is 0. The molecule has 1 N–H and O–H groups in total. The Morgan fingerprint density at radius 1 is 0.583 bits per heavy atom. The molecule has 0 spiro atoms. The van der Waals surface area contributed by atoms with Crippen molar-refractivity contribution < 1.29 is 33.5 Å². The van der Waals surface area contributed by atoms with Gasteiger partial charge in [-0.2, -0.15) is 0 Å². The molecule has 256 valence electrons. The van der Waals surface area contributed by atoms with Crippen LogP contribution in [0.3, 0.4) is 0 Å².